The predicted molar refractivity (Wildman–Crippen MR) is 159 cm³/mol. The van der Waals surface area contributed by atoms with Crippen LogP contribution in [0.4, 0.5) is 21.9 Å². The summed E-state index contributed by atoms with van der Waals surface area (Å²) >= 11 is 0. The van der Waals surface area contributed by atoms with Gasteiger partial charge < -0.3 is 25.6 Å². The molecule has 10 nitrogen and oxygen atoms in total. The van der Waals surface area contributed by atoms with Crippen LogP contribution in [0, 0.1) is 0 Å². The molecule has 41 heavy (non-hydrogen) atoms. The van der Waals surface area contributed by atoms with E-state index in [0.29, 0.717) is 16.9 Å². The van der Waals surface area contributed by atoms with E-state index < -0.39 is 23.6 Å². The van der Waals surface area contributed by atoms with Gasteiger partial charge in [-0.3, -0.25) is 14.5 Å². The molecule has 1 aliphatic heterocycles. The van der Waals surface area contributed by atoms with Crippen molar-refractivity contribution in [3.63, 3.8) is 0 Å². The van der Waals surface area contributed by atoms with Gasteiger partial charge in [-0.05, 0) is 70.9 Å². The smallest absolute Gasteiger partial charge is 0.338 e. The molecule has 1 heterocycles. The Morgan fingerprint density at radius 2 is 1.68 bits per heavy atom. The monoisotopic (exact) mass is 563 g/mol. The third kappa shape index (κ3) is 7.77. The average molecular weight is 564 g/mol. The Bertz CT molecular complexity index is 1270. The first-order valence-electron chi connectivity index (χ1n) is 14.4. The fourth-order valence-electron chi connectivity index (χ4n) is 5.49. The Balaban J connectivity index is 1.61. The molecule has 1 aliphatic carbocycles. The molecular formula is C31H41N5O5. The second-order valence-electron chi connectivity index (χ2n) is 11.6. The molecule has 4 rings (SSSR count). The molecule has 10 heteroatoms. The van der Waals surface area contributed by atoms with Gasteiger partial charge in [-0.25, -0.2) is 9.59 Å². The van der Waals surface area contributed by atoms with Crippen LogP contribution in [0.3, 0.4) is 0 Å². The summed E-state index contributed by atoms with van der Waals surface area (Å²) in [4.78, 5) is 56.1. The molecule has 0 spiro atoms. The summed E-state index contributed by atoms with van der Waals surface area (Å²) in [5, 5.41) is 8.54. The number of rotatable bonds is 7. The zero-order valence-electron chi connectivity index (χ0n) is 24.4. The Kier molecular flexibility index (Phi) is 9.52. The Morgan fingerprint density at radius 3 is 2.37 bits per heavy atom. The van der Waals surface area contributed by atoms with Crippen LogP contribution in [0.15, 0.2) is 48.5 Å². The van der Waals surface area contributed by atoms with Gasteiger partial charge in [-0.15, -0.1) is 0 Å². The topological polar surface area (TPSA) is 120 Å². The number of urea groups is 1. The van der Waals surface area contributed by atoms with Gasteiger partial charge in [0.1, 0.15) is 12.6 Å². The Labute approximate surface area is 241 Å². The Hall–Kier alpha value is -4.08. The summed E-state index contributed by atoms with van der Waals surface area (Å²) < 4.78 is 5.06. The number of esters is 1. The molecule has 1 saturated carbocycles. The van der Waals surface area contributed by atoms with Crippen LogP contribution in [0.1, 0.15) is 70.2 Å². The zero-order valence-corrected chi connectivity index (χ0v) is 24.4. The summed E-state index contributed by atoms with van der Waals surface area (Å²) in [5.41, 5.74) is 1.77. The first kappa shape index (κ1) is 29.9. The number of para-hydroxylation sites is 2. The van der Waals surface area contributed by atoms with Gasteiger partial charge in [0.05, 0.1) is 23.5 Å². The third-order valence-corrected chi connectivity index (χ3v) is 7.19. The highest BCUT2D eigenvalue weighted by Gasteiger charge is 2.38. The predicted octanol–water partition coefficient (Wildman–Crippen LogP) is 4.45. The number of nitrogens with one attached hydrogen (secondary N) is 3. The van der Waals surface area contributed by atoms with Gasteiger partial charge in [0.15, 0.2) is 0 Å². The van der Waals surface area contributed by atoms with E-state index in [1.165, 1.54) is 17.4 Å². The summed E-state index contributed by atoms with van der Waals surface area (Å²) in [6.45, 7) is 7.73. The van der Waals surface area contributed by atoms with E-state index in [1.54, 1.807) is 25.1 Å². The maximum absolute atomic E-state index is 14.1. The van der Waals surface area contributed by atoms with Crippen molar-refractivity contribution in [2.75, 3.05) is 34.8 Å². The minimum absolute atomic E-state index is 0.174. The van der Waals surface area contributed by atoms with Crippen LogP contribution < -0.4 is 25.8 Å². The number of ether oxygens (including phenoxy) is 1. The maximum atomic E-state index is 14.1. The number of carbonyl (C=O) groups excluding carboxylic acids is 4. The van der Waals surface area contributed by atoms with Crippen LogP contribution in [0.25, 0.3) is 0 Å². The highest BCUT2D eigenvalue weighted by atomic mass is 16.5. The van der Waals surface area contributed by atoms with Crippen LogP contribution in [0.2, 0.25) is 0 Å². The minimum Gasteiger partial charge on any atom is -0.462 e. The van der Waals surface area contributed by atoms with E-state index in [9.17, 15) is 19.2 Å². The van der Waals surface area contributed by atoms with E-state index in [2.05, 4.69) is 20.9 Å². The molecule has 4 amide bonds. The lowest BCUT2D eigenvalue weighted by molar-refractivity contribution is -0.125. The number of hydrogen-bond acceptors (Lipinski definition) is 6. The molecule has 0 saturated heterocycles. The van der Waals surface area contributed by atoms with E-state index in [0.717, 1.165) is 31.4 Å². The van der Waals surface area contributed by atoms with Crippen molar-refractivity contribution in [3.05, 3.63) is 54.1 Å². The number of nitrogens with zero attached hydrogens (tertiary/aromatic N) is 2. The van der Waals surface area contributed by atoms with Crippen molar-refractivity contribution in [3.8, 4) is 0 Å². The van der Waals surface area contributed by atoms with Crippen LogP contribution in [0.5, 0.6) is 0 Å². The number of carbonyl (C=O) groups is 4. The fraction of sp³-hybridized carbons (Fsp3) is 0.484. The summed E-state index contributed by atoms with van der Waals surface area (Å²) in [6.07, 6.45) is 5.37. The van der Waals surface area contributed by atoms with Crippen molar-refractivity contribution in [1.82, 2.24) is 10.6 Å². The molecule has 0 aromatic heterocycles. The van der Waals surface area contributed by atoms with E-state index >= 15 is 0 Å². The van der Waals surface area contributed by atoms with Crippen LogP contribution >= 0.6 is 0 Å². The quantitative estimate of drug-likeness (QED) is 0.428. The second-order valence-corrected chi connectivity index (χ2v) is 11.6. The lowest BCUT2D eigenvalue weighted by Gasteiger charge is -2.37. The molecule has 1 fully saturated rings. The standard InChI is InChI=1S/C31H41N5O5/c1-5-41-29(39)21-12-11-13-22(18-21)32-30(40)33-24-19-35(23-14-7-6-8-15-23)25-16-9-10-17-26(25)36(28(24)38)20-27(37)34-31(2,3)4/h9-13,16-18,23-24H,5-8,14-15,19-20H2,1-4H3,(H,34,37)(H2,32,33,40). The highest BCUT2D eigenvalue weighted by Crippen LogP contribution is 2.37. The lowest BCUT2D eigenvalue weighted by Crippen LogP contribution is -2.56. The number of fused-ring (bicyclic) bond motifs is 1. The number of anilines is 3. The third-order valence-electron chi connectivity index (χ3n) is 7.19. The highest BCUT2D eigenvalue weighted by molar-refractivity contribution is 6.07. The van der Waals surface area contributed by atoms with Gasteiger partial charge >= 0.3 is 12.0 Å². The molecule has 3 N–H and O–H groups in total. The largest absolute Gasteiger partial charge is 0.462 e. The molecule has 0 radical (unpaired) electrons. The lowest BCUT2D eigenvalue weighted by atomic mass is 9.93. The molecule has 1 atom stereocenters. The van der Waals surface area contributed by atoms with E-state index in [1.807, 2.05) is 45.0 Å². The minimum atomic E-state index is -0.917. The van der Waals surface area contributed by atoms with Gasteiger partial charge in [0, 0.05) is 23.8 Å². The van der Waals surface area contributed by atoms with Crippen molar-refractivity contribution in [1.29, 1.82) is 0 Å². The molecule has 2 aliphatic rings. The second kappa shape index (κ2) is 13.1. The number of benzene rings is 2. The van der Waals surface area contributed by atoms with Crippen LogP contribution in [-0.4, -0.2) is 61.1 Å². The summed E-state index contributed by atoms with van der Waals surface area (Å²) in [5.74, 6) is -1.14. The fourth-order valence-corrected chi connectivity index (χ4v) is 5.49. The van der Waals surface area contributed by atoms with Gasteiger partial charge in [0.2, 0.25) is 5.91 Å². The first-order chi connectivity index (χ1) is 19.6. The van der Waals surface area contributed by atoms with Gasteiger partial charge in [-0.2, -0.15) is 0 Å². The maximum Gasteiger partial charge on any atom is 0.338 e. The van der Waals surface area contributed by atoms with E-state index in [4.69, 9.17) is 4.74 Å². The van der Waals surface area contributed by atoms with Crippen molar-refractivity contribution in [2.24, 2.45) is 0 Å². The number of hydrogen-bond donors (Lipinski definition) is 3. The molecule has 0 bridgehead atoms. The Morgan fingerprint density at radius 1 is 0.976 bits per heavy atom. The van der Waals surface area contributed by atoms with Gasteiger partial charge in [-0.1, -0.05) is 37.5 Å². The summed E-state index contributed by atoms with van der Waals surface area (Å²) in [7, 11) is 0. The molecule has 1 unspecified atom stereocenters. The molecule has 220 valence electrons. The first-order valence-corrected chi connectivity index (χ1v) is 14.4. The normalized spacial score (nSPS) is 17.8. The van der Waals surface area contributed by atoms with Crippen molar-refractivity contribution in [2.45, 2.75) is 77.4 Å². The van der Waals surface area contributed by atoms with Gasteiger partial charge in [0.25, 0.3) is 5.91 Å². The molecular weight excluding hydrogens is 522 g/mol. The van der Waals surface area contributed by atoms with Crippen molar-refractivity contribution >= 4 is 40.9 Å². The SMILES string of the molecule is CCOC(=O)c1cccc(NC(=O)NC2CN(C3CCCCC3)c3ccccc3N(CC(=O)NC(C)(C)C)C2=O)c1. The van der Waals surface area contributed by atoms with E-state index in [-0.39, 0.29) is 37.6 Å². The molecule has 2 aromatic rings. The number of amides is 4. The zero-order chi connectivity index (χ0) is 29.6. The average Bonchev–Trinajstić information content (AvgIpc) is 3.03. The van der Waals surface area contributed by atoms with Crippen molar-refractivity contribution < 1.29 is 23.9 Å². The van der Waals surface area contributed by atoms with Crippen LogP contribution in [-0.2, 0) is 14.3 Å². The molecule has 2 aromatic carbocycles. The summed E-state index contributed by atoms with van der Waals surface area (Å²) in [6, 6.07) is 12.8.